The molecule has 1 aromatic heterocycles. The van der Waals surface area contributed by atoms with E-state index >= 15 is 0 Å². The highest BCUT2D eigenvalue weighted by Gasteiger charge is 2.29. The lowest BCUT2D eigenvalue weighted by molar-refractivity contribution is -0.384. The van der Waals surface area contributed by atoms with E-state index in [1.165, 1.54) is 30.4 Å². The number of aryl methyl sites for hydroxylation is 1. The van der Waals surface area contributed by atoms with Crippen molar-refractivity contribution in [1.82, 2.24) is 10.3 Å². The Balaban J connectivity index is 2.26. The van der Waals surface area contributed by atoms with Crippen molar-refractivity contribution in [3.8, 4) is 11.3 Å². The fourth-order valence-corrected chi connectivity index (χ4v) is 3.07. The molecular weight excluding hydrogens is 344 g/mol. The summed E-state index contributed by atoms with van der Waals surface area (Å²) in [5.74, 6) is -0.713. The fraction of sp³-hybridized carbons (Fsp3) is 0.312. The SMILES string of the molecule is CC(=O)NC(C)(C)C(=O)Nc1nc(-c2cccc([N+](=O)[O-])c2)c(C)s1. The summed E-state index contributed by atoms with van der Waals surface area (Å²) in [5, 5.41) is 16.5. The molecule has 0 aliphatic heterocycles. The molecule has 0 fully saturated rings. The Morgan fingerprint density at radius 2 is 2.00 bits per heavy atom. The lowest BCUT2D eigenvalue weighted by atomic mass is 10.1. The first-order valence-electron chi connectivity index (χ1n) is 7.42. The average Bonchev–Trinajstić information content (AvgIpc) is 2.86. The van der Waals surface area contributed by atoms with Gasteiger partial charge in [-0.2, -0.15) is 0 Å². The molecule has 2 rings (SSSR count). The number of thiazole rings is 1. The zero-order chi connectivity index (χ0) is 18.8. The van der Waals surface area contributed by atoms with Crippen LogP contribution in [0.15, 0.2) is 24.3 Å². The molecule has 0 saturated carbocycles. The smallest absolute Gasteiger partial charge is 0.270 e. The maximum absolute atomic E-state index is 12.3. The van der Waals surface area contributed by atoms with Gasteiger partial charge >= 0.3 is 0 Å². The summed E-state index contributed by atoms with van der Waals surface area (Å²) in [4.78, 5) is 39.1. The molecule has 132 valence electrons. The first kappa shape index (κ1) is 18.5. The molecule has 0 aliphatic carbocycles. The van der Waals surface area contributed by atoms with E-state index in [2.05, 4.69) is 15.6 Å². The molecule has 0 unspecified atom stereocenters. The van der Waals surface area contributed by atoms with E-state index in [1.807, 2.05) is 6.92 Å². The van der Waals surface area contributed by atoms with E-state index in [9.17, 15) is 19.7 Å². The minimum Gasteiger partial charge on any atom is -0.342 e. The highest BCUT2D eigenvalue weighted by atomic mass is 32.1. The van der Waals surface area contributed by atoms with Crippen molar-refractivity contribution in [2.45, 2.75) is 33.2 Å². The molecule has 2 aromatic rings. The van der Waals surface area contributed by atoms with Gasteiger partial charge in [-0.3, -0.25) is 25.0 Å². The average molecular weight is 362 g/mol. The van der Waals surface area contributed by atoms with Crippen molar-refractivity contribution in [3.05, 3.63) is 39.3 Å². The Labute approximate surface area is 148 Å². The first-order chi connectivity index (χ1) is 11.6. The van der Waals surface area contributed by atoms with Gasteiger partial charge in [-0.25, -0.2) is 4.98 Å². The van der Waals surface area contributed by atoms with Crippen LogP contribution < -0.4 is 10.6 Å². The van der Waals surface area contributed by atoms with Crippen LogP contribution in [0.2, 0.25) is 0 Å². The number of non-ortho nitro benzene ring substituents is 1. The van der Waals surface area contributed by atoms with Gasteiger partial charge in [0.1, 0.15) is 5.54 Å². The molecule has 0 radical (unpaired) electrons. The van der Waals surface area contributed by atoms with Gasteiger partial charge in [0.25, 0.3) is 11.6 Å². The van der Waals surface area contributed by atoms with Crippen molar-refractivity contribution in [2.75, 3.05) is 5.32 Å². The van der Waals surface area contributed by atoms with E-state index in [1.54, 1.807) is 26.0 Å². The van der Waals surface area contributed by atoms with Crippen LogP contribution in [0.5, 0.6) is 0 Å². The van der Waals surface area contributed by atoms with E-state index < -0.39 is 16.4 Å². The minimum atomic E-state index is -1.09. The van der Waals surface area contributed by atoms with E-state index in [-0.39, 0.29) is 11.6 Å². The largest absolute Gasteiger partial charge is 0.342 e. The summed E-state index contributed by atoms with van der Waals surface area (Å²) in [6.07, 6.45) is 0. The van der Waals surface area contributed by atoms with E-state index in [0.717, 1.165) is 4.88 Å². The molecular formula is C16H18N4O4S. The summed E-state index contributed by atoms with van der Waals surface area (Å²) < 4.78 is 0. The van der Waals surface area contributed by atoms with Crippen LogP contribution in [-0.4, -0.2) is 27.3 Å². The third-order valence-corrected chi connectivity index (χ3v) is 4.29. The predicted octanol–water partition coefficient (Wildman–Crippen LogP) is 2.88. The van der Waals surface area contributed by atoms with Crippen LogP contribution in [0, 0.1) is 17.0 Å². The maximum Gasteiger partial charge on any atom is 0.270 e. The monoisotopic (exact) mass is 362 g/mol. The van der Waals surface area contributed by atoms with Crippen LogP contribution in [0.25, 0.3) is 11.3 Å². The highest BCUT2D eigenvalue weighted by molar-refractivity contribution is 7.16. The standard InChI is InChI=1S/C16H18N4O4S/c1-9-13(11-6-5-7-12(8-11)20(23)24)17-15(25-9)18-14(22)16(3,4)19-10(2)21/h5-8H,1-4H3,(H,19,21)(H,17,18,22). The van der Waals surface area contributed by atoms with Crippen molar-refractivity contribution >= 4 is 34.0 Å². The number of nitro groups is 1. The second-order valence-electron chi connectivity index (χ2n) is 5.99. The molecule has 2 N–H and O–H groups in total. The fourth-order valence-electron chi connectivity index (χ4n) is 2.23. The number of hydrogen-bond donors (Lipinski definition) is 2. The Bertz CT molecular complexity index is 844. The molecule has 25 heavy (non-hydrogen) atoms. The summed E-state index contributed by atoms with van der Waals surface area (Å²) in [5.41, 5.74) is 0.0603. The number of nitrogens with one attached hydrogen (secondary N) is 2. The van der Waals surface area contributed by atoms with Gasteiger partial charge in [0.2, 0.25) is 5.91 Å². The van der Waals surface area contributed by atoms with Gasteiger partial charge < -0.3 is 5.32 Å². The van der Waals surface area contributed by atoms with Gasteiger partial charge in [-0.15, -0.1) is 11.3 Å². The van der Waals surface area contributed by atoms with Gasteiger partial charge in [0.15, 0.2) is 5.13 Å². The second-order valence-corrected chi connectivity index (χ2v) is 7.19. The molecule has 0 spiro atoms. The summed E-state index contributed by atoms with van der Waals surface area (Å²) in [7, 11) is 0. The van der Waals surface area contributed by atoms with Crippen LogP contribution >= 0.6 is 11.3 Å². The van der Waals surface area contributed by atoms with Crippen LogP contribution in [0.1, 0.15) is 25.6 Å². The number of hydrogen-bond acceptors (Lipinski definition) is 6. The normalized spacial score (nSPS) is 11.0. The number of amides is 2. The number of anilines is 1. The van der Waals surface area contributed by atoms with E-state index in [0.29, 0.717) is 16.4 Å². The number of carbonyl (C=O) groups is 2. The van der Waals surface area contributed by atoms with Gasteiger partial charge in [0.05, 0.1) is 10.6 Å². The van der Waals surface area contributed by atoms with Crippen molar-refractivity contribution in [1.29, 1.82) is 0 Å². The van der Waals surface area contributed by atoms with Crippen LogP contribution in [0.3, 0.4) is 0 Å². The Hall–Kier alpha value is -2.81. The number of nitro benzene ring substituents is 1. The highest BCUT2D eigenvalue weighted by Crippen LogP contribution is 2.32. The Morgan fingerprint density at radius 3 is 2.60 bits per heavy atom. The summed E-state index contributed by atoms with van der Waals surface area (Å²) >= 11 is 1.26. The molecule has 0 atom stereocenters. The van der Waals surface area contributed by atoms with Crippen LogP contribution in [0.4, 0.5) is 10.8 Å². The number of benzene rings is 1. The second kappa shape index (κ2) is 6.98. The van der Waals surface area contributed by atoms with Gasteiger partial charge in [0, 0.05) is 29.5 Å². The zero-order valence-electron chi connectivity index (χ0n) is 14.2. The lowest BCUT2D eigenvalue weighted by Crippen LogP contribution is -2.51. The quantitative estimate of drug-likeness (QED) is 0.627. The predicted molar refractivity (Wildman–Crippen MR) is 95.5 cm³/mol. The molecule has 1 heterocycles. The molecule has 0 aliphatic rings. The zero-order valence-corrected chi connectivity index (χ0v) is 15.1. The van der Waals surface area contributed by atoms with Crippen molar-refractivity contribution in [3.63, 3.8) is 0 Å². The third-order valence-electron chi connectivity index (χ3n) is 3.40. The van der Waals surface area contributed by atoms with Crippen LogP contribution in [-0.2, 0) is 9.59 Å². The third kappa shape index (κ3) is 4.38. The first-order valence-corrected chi connectivity index (χ1v) is 8.24. The Morgan fingerprint density at radius 1 is 1.32 bits per heavy atom. The topological polar surface area (TPSA) is 114 Å². The summed E-state index contributed by atoms with van der Waals surface area (Å²) in [6, 6.07) is 6.16. The minimum absolute atomic E-state index is 0.0257. The lowest BCUT2D eigenvalue weighted by Gasteiger charge is -2.23. The van der Waals surface area contributed by atoms with Crippen molar-refractivity contribution < 1.29 is 14.5 Å². The van der Waals surface area contributed by atoms with Gasteiger partial charge in [-0.1, -0.05) is 12.1 Å². The van der Waals surface area contributed by atoms with Gasteiger partial charge in [-0.05, 0) is 20.8 Å². The number of carbonyl (C=O) groups excluding carboxylic acids is 2. The number of aromatic nitrogens is 1. The number of rotatable bonds is 5. The molecule has 9 heteroatoms. The number of nitrogens with zero attached hydrogens (tertiary/aromatic N) is 2. The maximum atomic E-state index is 12.3. The molecule has 0 saturated heterocycles. The summed E-state index contributed by atoms with van der Waals surface area (Å²) in [6.45, 7) is 6.33. The molecule has 0 bridgehead atoms. The molecule has 8 nitrogen and oxygen atoms in total. The van der Waals surface area contributed by atoms with E-state index in [4.69, 9.17) is 0 Å². The molecule has 2 amide bonds. The van der Waals surface area contributed by atoms with Crippen molar-refractivity contribution in [2.24, 2.45) is 0 Å². The molecule has 1 aromatic carbocycles. The Kier molecular flexibility index (Phi) is 5.17.